The fourth-order valence-electron chi connectivity index (χ4n) is 3.26. The maximum Gasteiger partial charge on any atom is 0.336 e. The number of fused-ring (bicyclic) bond motifs is 1. The van der Waals surface area contributed by atoms with E-state index in [1.807, 2.05) is 0 Å². The van der Waals surface area contributed by atoms with Gasteiger partial charge < -0.3 is 25.8 Å². The van der Waals surface area contributed by atoms with Gasteiger partial charge in [-0.2, -0.15) is 4.98 Å². The number of thiophene rings is 1. The highest BCUT2D eigenvalue weighted by atomic mass is 32.1. The smallest absolute Gasteiger partial charge is 0.336 e. The molecule has 1 aliphatic rings. The number of carbonyl (C=O) groups is 1. The molecule has 1 saturated heterocycles. The Hall–Kier alpha value is -2.80. The molecule has 0 saturated carbocycles. The molecule has 0 aliphatic carbocycles. The number of rotatable bonds is 5. The number of nitrogens with zero attached hydrogens (tertiary/aromatic N) is 4. The number of hydrogen-bond acceptors (Lipinski definition) is 9. The summed E-state index contributed by atoms with van der Waals surface area (Å²) in [5.74, 6) is -1.10. The molecule has 0 radical (unpaired) electrons. The molecule has 0 amide bonds. The van der Waals surface area contributed by atoms with E-state index in [2.05, 4.69) is 9.97 Å². The first kappa shape index (κ1) is 18.6. The van der Waals surface area contributed by atoms with E-state index in [9.17, 15) is 19.8 Å². The Bertz CT molecular complexity index is 1100. The van der Waals surface area contributed by atoms with E-state index in [-0.39, 0.29) is 36.7 Å². The summed E-state index contributed by atoms with van der Waals surface area (Å²) in [7, 11) is 0. The first-order chi connectivity index (χ1) is 13.4. The second kappa shape index (κ2) is 6.98. The zero-order valence-corrected chi connectivity index (χ0v) is 15.2. The lowest BCUT2D eigenvalue weighted by Crippen LogP contribution is -2.32. The predicted octanol–water partition coefficient (Wildman–Crippen LogP) is -0.376. The average Bonchev–Trinajstić information content (AvgIpc) is 3.33. The molecule has 5 N–H and O–H groups in total. The molecular weight excluding hydrogens is 390 g/mol. The van der Waals surface area contributed by atoms with E-state index in [0.29, 0.717) is 10.4 Å². The minimum Gasteiger partial charge on any atom is -0.478 e. The molecule has 3 atom stereocenters. The third-order valence-corrected chi connectivity index (χ3v) is 5.48. The van der Waals surface area contributed by atoms with Crippen LogP contribution in [0.5, 0.6) is 0 Å². The van der Waals surface area contributed by atoms with Crippen LogP contribution in [0.25, 0.3) is 11.2 Å². The summed E-state index contributed by atoms with van der Waals surface area (Å²) in [4.78, 5) is 32.9. The SMILES string of the molecule is Nc1ncc2c(n1)n([C@@H]1O[C@H](CO)C[C@H]1O)c(=O)n2Cc1cc(C(=O)O)cs1. The van der Waals surface area contributed by atoms with Gasteiger partial charge in [-0.25, -0.2) is 19.1 Å². The molecule has 3 aromatic rings. The largest absolute Gasteiger partial charge is 0.478 e. The first-order valence-corrected chi connectivity index (χ1v) is 9.25. The molecule has 4 rings (SSSR count). The Kier molecular flexibility index (Phi) is 4.63. The van der Waals surface area contributed by atoms with Crippen LogP contribution in [0.2, 0.25) is 0 Å². The molecule has 0 unspecified atom stereocenters. The van der Waals surface area contributed by atoms with Crippen LogP contribution in [0.4, 0.5) is 5.95 Å². The van der Waals surface area contributed by atoms with Gasteiger partial charge in [0.1, 0.15) is 11.6 Å². The molecule has 3 aromatic heterocycles. The molecule has 148 valence electrons. The number of hydrogen-bond donors (Lipinski definition) is 4. The van der Waals surface area contributed by atoms with Crippen molar-refractivity contribution in [1.82, 2.24) is 19.1 Å². The van der Waals surface area contributed by atoms with Gasteiger partial charge in [0.15, 0.2) is 11.9 Å². The number of ether oxygens (including phenoxy) is 1. The zero-order valence-electron chi connectivity index (χ0n) is 14.4. The van der Waals surface area contributed by atoms with Crippen molar-refractivity contribution >= 4 is 34.4 Å². The Morgan fingerprint density at radius 2 is 2.25 bits per heavy atom. The van der Waals surface area contributed by atoms with Crippen LogP contribution in [-0.2, 0) is 11.3 Å². The molecule has 4 heterocycles. The average molecular weight is 407 g/mol. The van der Waals surface area contributed by atoms with Gasteiger partial charge in [0.05, 0.1) is 31.0 Å². The Morgan fingerprint density at radius 1 is 1.46 bits per heavy atom. The summed E-state index contributed by atoms with van der Waals surface area (Å²) in [5.41, 5.74) is 5.86. The number of carboxylic acid groups (broad SMARTS) is 1. The van der Waals surface area contributed by atoms with Crippen molar-refractivity contribution in [2.45, 2.75) is 31.4 Å². The fourth-order valence-corrected chi connectivity index (χ4v) is 4.11. The van der Waals surface area contributed by atoms with Crippen molar-refractivity contribution in [2.24, 2.45) is 0 Å². The van der Waals surface area contributed by atoms with Gasteiger partial charge in [0.25, 0.3) is 0 Å². The molecular formula is C16H17N5O6S. The van der Waals surface area contributed by atoms with E-state index < -0.39 is 30.1 Å². The molecule has 0 aromatic carbocycles. The van der Waals surface area contributed by atoms with Gasteiger partial charge in [-0.1, -0.05) is 0 Å². The van der Waals surface area contributed by atoms with E-state index in [4.69, 9.17) is 15.6 Å². The number of nitrogens with two attached hydrogens (primary N) is 1. The van der Waals surface area contributed by atoms with Gasteiger partial charge in [-0.05, 0) is 6.07 Å². The number of aromatic carboxylic acids is 1. The van der Waals surface area contributed by atoms with Crippen molar-refractivity contribution in [1.29, 1.82) is 0 Å². The first-order valence-electron chi connectivity index (χ1n) is 8.37. The van der Waals surface area contributed by atoms with Crippen LogP contribution in [0.1, 0.15) is 27.9 Å². The number of aliphatic hydroxyl groups is 2. The highest BCUT2D eigenvalue weighted by Crippen LogP contribution is 2.30. The zero-order chi connectivity index (χ0) is 20.0. The quantitative estimate of drug-likeness (QED) is 0.441. The van der Waals surface area contributed by atoms with E-state index in [1.54, 1.807) is 0 Å². The van der Waals surface area contributed by atoms with Crippen molar-refractivity contribution in [3.05, 3.63) is 38.6 Å². The van der Waals surface area contributed by atoms with Crippen molar-refractivity contribution in [3.63, 3.8) is 0 Å². The maximum atomic E-state index is 13.1. The number of aliphatic hydroxyl groups excluding tert-OH is 2. The Balaban J connectivity index is 1.82. The standard InChI is InChI=1S/C16H17N5O6S/c17-15-18-3-10-12(19-15)21(13-11(23)2-8(5-22)27-13)16(26)20(10)4-9-1-7(6-28-9)14(24)25/h1,3,6,8,11,13,22-23H,2,4-5H2,(H,24,25)(H2,17,18,19)/t8-,11+,13+/m0/s1. The maximum absolute atomic E-state index is 13.1. The van der Waals surface area contributed by atoms with Crippen molar-refractivity contribution in [3.8, 4) is 0 Å². The monoisotopic (exact) mass is 407 g/mol. The van der Waals surface area contributed by atoms with Crippen molar-refractivity contribution < 1.29 is 24.9 Å². The van der Waals surface area contributed by atoms with Crippen LogP contribution < -0.4 is 11.4 Å². The Labute approximate surface area is 161 Å². The summed E-state index contributed by atoms with van der Waals surface area (Å²) in [5, 5.41) is 30.2. The van der Waals surface area contributed by atoms with E-state index >= 15 is 0 Å². The van der Waals surface area contributed by atoms with E-state index in [1.165, 1.54) is 38.1 Å². The number of nitrogen functional groups attached to an aromatic ring is 1. The minimum absolute atomic E-state index is 0.0473. The lowest BCUT2D eigenvalue weighted by atomic mass is 10.2. The lowest BCUT2D eigenvalue weighted by molar-refractivity contribution is -0.0505. The van der Waals surface area contributed by atoms with Crippen LogP contribution >= 0.6 is 11.3 Å². The second-order valence-corrected chi connectivity index (χ2v) is 7.41. The van der Waals surface area contributed by atoms with Crippen molar-refractivity contribution in [2.75, 3.05) is 12.3 Å². The van der Waals surface area contributed by atoms with Crippen LogP contribution in [0.3, 0.4) is 0 Å². The molecule has 0 spiro atoms. The van der Waals surface area contributed by atoms with Crippen LogP contribution in [-0.4, -0.2) is 59.2 Å². The molecule has 12 heteroatoms. The lowest BCUT2D eigenvalue weighted by Gasteiger charge is -2.15. The summed E-state index contributed by atoms with van der Waals surface area (Å²) in [6, 6.07) is 1.49. The molecule has 28 heavy (non-hydrogen) atoms. The highest BCUT2D eigenvalue weighted by Gasteiger charge is 2.37. The molecule has 1 fully saturated rings. The highest BCUT2D eigenvalue weighted by molar-refractivity contribution is 7.10. The van der Waals surface area contributed by atoms with Gasteiger partial charge in [0, 0.05) is 16.7 Å². The second-order valence-electron chi connectivity index (χ2n) is 6.42. The molecule has 11 nitrogen and oxygen atoms in total. The van der Waals surface area contributed by atoms with E-state index in [0.717, 1.165) is 0 Å². The number of anilines is 1. The number of carboxylic acids is 1. The minimum atomic E-state index is -1.05. The van der Waals surface area contributed by atoms with Gasteiger partial charge >= 0.3 is 11.7 Å². The third kappa shape index (κ3) is 3.05. The summed E-state index contributed by atoms with van der Waals surface area (Å²) < 4.78 is 8.17. The topological polar surface area (TPSA) is 166 Å². The summed E-state index contributed by atoms with van der Waals surface area (Å²) in [6.45, 7) is -0.189. The number of imidazole rings is 1. The van der Waals surface area contributed by atoms with Crippen LogP contribution in [0.15, 0.2) is 22.4 Å². The Morgan fingerprint density at radius 3 is 2.89 bits per heavy atom. The predicted molar refractivity (Wildman–Crippen MR) is 98.2 cm³/mol. The fraction of sp³-hybridized carbons (Fsp3) is 0.375. The normalized spacial score (nSPS) is 22.1. The van der Waals surface area contributed by atoms with Crippen LogP contribution in [0, 0.1) is 0 Å². The van der Waals surface area contributed by atoms with Gasteiger partial charge in [-0.3, -0.25) is 4.57 Å². The number of aromatic nitrogens is 4. The third-order valence-electron chi connectivity index (χ3n) is 4.56. The molecule has 0 bridgehead atoms. The molecule has 1 aliphatic heterocycles. The van der Waals surface area contributed by atoms with Gasteiger partial charge in [0.2, 0.25) is 5.95 Å². The van der Waals surface area contributed by atoms with Gasteiger partial charge in [-0.15, -0.1) is 11.3 Å². The summed E-state index contributed by atoms with van der Waals surface area (Å²) in [6.07, 6.45) is -1.06. The summed E-state index contributed by atoms with van der Waals surface area (Å²) >= 11 is 1.21.